The van der Waals surface area contributed by atoms with Crippen LogP contribution in [0.1, 0.15) is 44.4 Å². The first-order valence-corrected chi connectivity index (χ1v) is 8.17. The van der Waals surface area contributed by atoms with Crippen molar-refractivity contribution in [2.75, 3.05) is 19.7 Å². The number of carbonyl (C=O) groups excluding carboxylic acids is 1. The Balaban J connectivity index is 1.61. The molecule has 2 saturated heterocycles. The molecule has 1 amide bonds. The molecule has 1 aromatic rings. The van der Waals surface area contributed by atoms with Gasteiger partial charge in [-0.2, -0.15) is 0 Å². The van der Waals surface area contributed by atoms with Crippen molar-refractivity contribution in [3.05, 3.63) is 28.6 Å². The highest BCUT2D eigenvalue weighted by Crippen LogP contribution is 2.31. The van der Waals surface area contributed by atoms with Gasteiger partial charge < -0.3 is 14.1 Å². The topological polar surface area (TPSA) is 88.4 Å². The Morgan fingerprint density at radius 1 is 1.35 bits per heavy atom. The number of ether oxygens (including phenoxy) is 1. The summed E-state index contributed by atoms with van der Waals surface area (Å²) in [5.41, 5.74) is 0.913. The predicted octanol–water partition coefficient (Wildman–Crippen LogP) is 1.44. The summed E-state index contributed by atoms with van der Waals surface area (Å²) in [7, 11) is 0. The lowest BCUT2D eigenvalue weighted by molar-refractivity contribution is -0.144. The van der Waals surface area contributed by atoms with Gasteiger partial charge in [0.05, 0.1) is 12.0 Å². The fourth-order valence-corrected chi connectivity index (χ4v) is 3.52. The van der Waals surface area contributed by atoms with Crippen molar-refractivity contribution in [2.24, 2.45) is 5.92 Å². The number of hydrogen-bond acceptors (Lipinski definition) is 5. The molecule has 1 aromatic heterocycles. The fraction of sp³-hybridized carbons (Fsp3) is 0.688. The molecule has 0 unspecified atom stereocenters. The second-order valence-corrected chi connectivity index (χ2v) is 6.44. The summed E-state index contributed by atoms with van der Waals surface area (Å²) in [4.78, 5) is 25.8. The van der Waals surface area contributed by atoms with E-state index < -0.39 is 5.76 Å². The van der Waals surface area contributed by atoms with Gasteiger partial charge in [0.2, 0.25) is 11.8 Å². The van der Waals surface area contributed by atoms with Crippen LogP contribution in [0, 0.1) is 5.92 Å². The highest BCUT2D eigenvalue weighted by Gasteiger charge is 2.36. The third kappa shape index (κ3) is 3.39. The van der Waals surface area contributed by atoms with Crippen molar-refractivity contribution < 1.29 is 13.9 Å². The molecular weight excluding hydrogens is 298 g/mol. The molecular formula is C16H23N3O4. The van der Waals surface area contributed by atoms with Gasteiger partial charge in [0.25, 0.3) is 0 Å². The Bertz CT molecular complexity index is 627. The first-order valence-electron chi connectivity index (χ1n) is 8.17. The zero-order chi connectivity index (χ0) is 16.4. The SMILES string of the molecule is C=C(C)[C@@H]1OCCC[C@H]1C(=O)N1CCC(c2n[nH]c(=O)o2)CC1. The maximum absolute atomic E-state index is 12.8. The number of hydrogen-bond donors (Lipinski definition) is 1. The zero-order valence-electron chi connectivity index (χ0n) is 13.4. The third-order valence-electron chi connectivity index (χ3n) is 4.74. The number of aromatic amines is 1. The molecule has 2 aliphatic rings. The molecule has 3 heterocycles. The smallest absolute Gasteiger partial charge is 0.392 e. The number of H-pyrrole nitrogens is 1. The number of amides is 1. The lowest BCUT2D eigenvalue weighted by Crippen LogP contribution is -2.47. The molecule has 0 saturated carbocycles. The first kappa shape index (κ1) is 16.0. The first-order chi connectivity index (χ1) is 11.1. The summed E-state index contributed by atoms with van der Waals surface area (Å²) in [6, 6.07) is 0. The molecule has 2 atom stereocenters. The van der Waals surface area contributed by atoms with Gasteiger partial charge in [-0.3, -0.25) is 4.79 Å². The fourth-order valence-electron chi connectivity index (χ4n) is 3.52. The van der Waals surface area contributed by atoms with E-state index in [-0.39, 0.29) is 23.8 Å². The monoisotopic (exact) mass is 321 g/mol. The molecule has 7 nitrogen and oxygen atoms in total. The van der Waals surface area contributed by atoms with Crippen molar-refractivity contribution in [3.8, 4) is 0 Å². The van der Waals surface area contributed by atoms with E-state index >= 15 is 0 Å². The maximum atomic E-state index is 12.8. The lowest BCUT2D eigenvalue weighted by Gasteiger charge is -2.37. The number of likely N-dealkylation sites (tertiary alicyclic amines) is 1. The van der Waals surface area contributed by atoms with Gasteiger partial charge in [0.1, 0.15) is 0 Å². The van der Waals surface area contributed by atoms with Crippen LogP contribution in [0.4, 0.5) is 0 Å². The van der Waals surface area contributed by atoms with Crippen molar-refractivity contribution >= 4 is 5.91 Å². The molecule has 1 N–H and O–H groups in total. The van der Waals surface area contributed by atoms with Crippen molar-refractivity contribution in [1.29, 1.82) is 0 Å². The number of rotatable bonds is 3. The zero-order valence-corrected chi connectivity index (χ0v) is 13.4. The standard InChI is InChI=1S/C16H23N3O4/c1-10(2)13-12(4-3-9-22-13)15(20)19-7-5-11(6-8-19)14-17-18-16(21)23-14/h11-13H,1,3-9H2,2H3,(H,18,21)/t12-,13+/m1/s1. The van der Waals surface area contributed by atoms with Crippen LogP contribution in [0.5, 0.6) is 0 Å². The van der Waals surface area contributed by atoms with E-state index in [1.54, 1.807) is 0 Å². The highest BCUT2D eigenvalue weighted by molar-refractivity contribution is 5.80. The van der Waals surface area contributed by atoms with Gasteiger partial charge in [0.15, 0.2) is 0 Å². The van der Waals surface area contributed by atoms with Crippen LogP contribution < -0.4 is 5.76 Å². The van der Waals surface area contributed by atoms with Crippen molar-refractivity contribution in [1.82, 2.24) is 15.1 Å². The largest absolute Gasteiger partial charge is 0.434 e. The summed E-state index contributed by atoms with van der Waals surface area (Å²) in [5.74, 6) is 0.0448. The van der Waals surface area contributed by atoms with Crippen LogP contribution in [0.25, 0.3) is 0 Å². The Labute approximate surface area is 134 Å². The Kier molecular flexibility index (Phi) is 4.66. The Hall–Kier alpha value is -1.89. The molecule has 0 spiro atoms. The molecule has 2 fully saturated rings. The Morgan fingerprint density at radius 3 is 2.70 bits per heavy atom. The number of aromatic nitrogens is 2. The van der Waals surface area contributed by atoms with Gasteiger partial charge in [0, 0.05) is 25.6 Å². The number of piperidine rings is 1. The highest BCUT2D eigenvalue weighted by atomic mass is 16.5. The van der Waals surface area contributed by atoms with Gasteiger partial charge in [-0.05, 0) is 32.6 Å². The lowest BCUT2D eigenvalue weighted by atomic mass is 9.88. The number of carbonyl (C=O) groups is 1. The van der Waals surface area contributed by atoms with Crippen molar-refractivity contribution in [3.63, 3.8) is 0 Å². The maximum Gasteiger partial charge on any atom is 0.434 e. The summed E-state index contributed by atoms with van der Waals surface area (Å²) in [6.45, 7) is 7.88. The van der Waals surface area contributed by atoms with E-state index in [2.05, 4.69) is 16.8 Å². The van der Waals surface area contributed by atoms with Crippen LogP contribution >= 0.6 is 0 Å². The average molecular weight is 321 g/mol. The Morgan fingerprint density at radius 2 is 2.09 bits per heavy atom. The minimum atomic E-state index is -0.526. The second-order valence-electron chi connectivity index (χ2n) is 6.44. The summed E-state index contributed by atoms with van der Waals surface area (Å²) in [6.07, 6.45) is 3.10. The van der Waals surface area contributed by atoms with Crippen molar-refractivity contribution in [2.45, 2.75) is 44.6 Å². The normalized spacial score (nSPS) is 26.2. The van der Waals surface area contributed by atoms with E-state index in [4.69, 9.17) is 9.15 Å². The van der Waals surface area contributed by atoms with Crippen LogP contribution in [-0.2, 0) is 9.53 Å². The second kappa shape index (κ2) is 6.70. The van der Waals surface area contributed by atoms with E-state index in [0.717, 1.165) is 31.3 Å². The predicted molar refractivity (Wildman–Crippen MR) is 83.0 cm³/mol. The summed E-state index contributed by atoms with van der Waals surface area (Å²) >= 11 is 0. The molecule has 23 heavy (non-hydrogen) atoms. The van der Waals surface area contributed by atoms with Crippen LogP contribution in [0.3, 0.4) is 0 Å². The summed E-state index contributed by atoms with van der Waals surface area (Å²) < 4.78 is 10.8. The minimum absolute atomic E-state index is 0.0949. The molecule has 0 bridgehead atoms. The molecule has 126 valence electrons. The van der Waals surface area contributed by atoms with Gasteiger partial charge >= 0.3 is 5.76 Å². The number of nitrogens with one attached hydrogen (secondary N) is 1. The van der Waals surface area contributed by atoms with E-state index in [1.807, 2.05) is 11.8 Å². The minimum Gasteiger partial charge on any atom is -0.392 e. The van der Waals surface area contributed by atoms with Gasteiger partial charge in [-0.1, -0.05) is 12.2 Å². The van der Waals surface area contributed by atoms with E-state index in [9.17, 15) is 9.59 Å². The molecule has 3 rings (SSSR count). The molecule has 0 radical (unpaired) electrons. The molecule has 0 aromatic carbocycles. The number of nitrogens with zero attached hydrogens (tertiary/aromatic N) is 2. The molecule has 0 aliphatic carbocycles. The third-order valence-corrected chi connectivity index (χ3v) is 4.74. The summed E-state index contributed by atoms with van der Waals surface area (Å²) in [5, 5.41) is 6.19. The average Bonchev–Trinajstić information content (AvgIpc) is 3.01. The van der Waals surface area contributed by atoms with Gasteiger partial charge in [-0.25, -0.2) is 9.89 Å². The quantitative estimate of drug-likeness (QED) is 0.851. The van der Waals surface area contributed by atoms with Gasteiger partial charge in [-0.15, -0.1) is 5.10 Å². The van der Waals surface area contributed by atoms with E-state index in [0.29, 0.717) is 25.6 Å². The van der Waals surface area contributed by atoms with E-state index in [1.165, 1.54) is 0 Å². The van der Waals surface area contributed by atoms with Crippen LogP contribution in [0.15, 0.2) is 21.4 Å². The van der Waals surface area contributed by atoms with Crippen LogP contribution in [-0.4, -0.2) is 46.8 Å². The van der Waals surface area contributed by atoms with Crippen LogP contribution in [0.2, 0.25) is 0 Å². The molecule has 2 aliphatic heterocycles. The molecule has 7 heteroatoms.